The maximum atomic E-state index is 11.6. The van der Waals surface area contributed by atoms with Crippen LogP contribution in [0.1, 0.15) is 27.7 Å². The van der Waals surface area contributed by atoms with Crippen LogP contribution in [0.3, 0.4) is 0 Å². The molecule has 0 aliphatic carbocycles. The van der Waals surface area contributed by atoms with Crippen molar-refractivity contribution >= 4 is 11.9 Å². The maximum absolute atomic E-state index is 11.6. The molecule has 0 heterocycles. The van der Waals surface area contributed by atoms with Crippen LogP contribution in [0.2, 0.25) is 0 Å². The molecule has 0 amide bonds. The lowest BCUT2D eigenvalue weighted by Crippen LogP contribution is -2.06. The van der Waals surface area contributed by atoms with Crippen molar-refractivity contribution in [2.45, 2.75) is 27.7 Å². The van der Waals surface area contributed by atoms with Gasteiger partial charge < -0.3 is 9.47 Å². The summed E-state index contributed by atoms with van der Waals surface area (Å²) in [5.74, 6) is 0.280. The SMILES string of the molecule is CC(C)/C=C/C(=O)Oc1cccc(OC(=O)/C=C/C(C)C)c1. The molecule has 0 unspecified atom stereocenters. The molecule has 4 nitrogen and oxygen atoms in total. The van der Waals surface area contributed by atoms with Gasteiger partial charge in [0, 0.05) is 18.2 Å². The van der Waals surface area contributed by atoms with Crippen LogP contribution in [0, 0.1) is 11.8 Å². The molecule has 0 radical (unpaired) electrons. The van der Waals surface area contributed by atoms with E-state index in [0.717, 1.165) is 0 Å². The molecule has 118 valence electrons. The predicted molar refractivity (Wildman–Crippen MR) is 85.7 cm³/mol. The van der Waals surface area contributed by atoms with Gasteiger partial charge in [0.05, 0.1) is 0 Å². The van der Waals surface area contributed by atoms with Gasteiger partial charge >= 0.3 is 11.9 Å². The Bertz CT molecular complexity index is 521. The molecule has 0 fully saturated rings. The van der Waals surface area contributed by atoms with E-state index >= 15 is 0 Å². The smallest absolute Gasteiger partial charge is 0.335 e. The fourth-order valence-corrected chi connectivity index (χ4v) is 1.44. The Morgan fingerprint density at radius 1 is 0.864 bits per heavy atom. The van der Waals surface area contributed by atoms with Crippen LogP contribution in [-0.4, -0.2) is 11.9 Å². The van der Waals surface area contributed by atoms with E-state index < -0.39 is 11.9 Å². The average molecular weight is 302 g/mol. The van der Waals surface area contributed by atoms with Crippen molar-refractivity contribution < 1.29 is 19.1 Å². The molecule has 0 aliphatic rings. The topological polar surface area (TPSA) is 52.6 Å². The van der Waals surface area contributed by atoms with Crippen molar-refractivity contribution in [1.82, 2.24) is 0 Å². The predicted octanol–water partition coefficient (Wildman–Crippen LogP) is 3.92. The van der Waals surface area contributed by atoms with E-state index in [0.29, 0.717) is 11.5 Å². The summed E-state index contributed by atoms with van der Waals surface area (Å²) in [6, 6.07) is 6.41. The van der Waals surface area contributed by atoms with Gasteiger partial charge in [0.25, 0.3) is 0 Å². The summed E-state index contributed by atoms with van der Waals surface area (Å²) in [6.07, 6.45) is 6.27. The summed E-state index contributed by atoms with van der Waals surface area (Å²) in [6.45, 7) is 7.87. The number of hydrogen-bond donors (Lipinski definition) is 0. The van der Waals surface area contributed by atoms with Gasteiger partial charge in [-0.1, -0.05) is 45.9 Å². The van der Waals surface area contributed by atoms with Gasteiger partial charge in [0.15, 0.2) is 0 Å². The second-order valence-corrected chi connectivity index (χ2v) is 5.52. The number of ether oxygens (including phenoxy) is 2. The molecule has 0 aliphatic heterocycles. The highest BCUT2D eigenvalue weighted by molar-refractivity contribution is 5.85. The monoisotopic (exact) mass is 302 g/mol. The van der Waals surface area contributed by atoms with Gasteiger partial charge in [-0.15, -0.1) is 0 Å². The van der Waals surface area contributed by atoms with Crippen LogP contribution in [0.15, 0.2) is 48.6 Å². The highest BCUT2D eigenvalue weighted by Crippen LogP contribution is 2.20. The third-order valence-electron chi connectivity index (χ3n) is 2.48. The second-order valence-electron chi connectivity index (χ2n) is 5.52. The third kappa shape index (κ3) is 7.43. The molecule has 1 rings (SSSR count). The molecule has 0 saturated carbocycles. The van der Waals surface area contributed by atoms with Crippen molar-refractivity contribution in [2.75, 3.05) is 0 Å². The van der Waals surface area contributed by atoms with Gasteiger partial charge in [-0.25, -0.2) is 9.59 Å². The average Bonchev–Trinajstić information content (AvgIpc) is 2.43. The number of carbonyl (C=O) groups is 2. The van der Waals surface area contributed by atoms with Crippen molar-refractivity contribution in [3.63, 3.8) is 0 Å². The van der Waals surface area contributed by atoms with Crippen molar-refractivity contribution in [3.8, 4) is 11.5 Å². The van der Waals surface area contributed by atoms with E-state index in [2.05, 4.69) is 0 Å². The van der Waals surface area contributed by atoms with E-state index in [1.54, 1.807) is 30.4 Å². The number of benzene rings is 1. The van der Waals surface area contributed by atoms with Gasteiger partial charge in [-0.3, -0.25) is 0 Å². The van der Waals surface area contributed by atoms with Gasteiger partial charge in [-0.2, -0.15) is 0 Å². The van der Waals surface area contributed by atoms with Crippen LogP contribution in [0.4, 0.5) is 0 Å². The zero-order valence-corrected chi connectivity index (χ0v) is 13.4. The minimum absolute atomic E-state index is 0.271. The van der Waals surface area contributed by atoms with Crippen molar-refractivity contribution in [1.29, 1.82) is 0 Å². The standard InChI is InChI=1S/C18H22O4/c1-13(2)8-10-17(19)21-15-6-5-7-16(12-15)22-18(20)11-9-14(3)4/h5-14H,1-4H3/b10-8+,11-9+. The minimum atomic E-state index is -0.461. The van der Waals surface area contributed by atoms with E-state index in [1.165, 1.54) is 18.2 Å². The zero-order chi connectivity index (χ0) is 16.5. The molecule has 0 spiro atoms. The molecule has 4 heteroatoms. The van der Waals surface area contributed by atoms with Crippen LogP contribution in [0.5, 0.6) is 11.5 Å². The van der Waals surface area contributed by atoms with E-state index in [-0.39, 0.29) is 11.8 Å². The fourth-order valence-electron chi connectivity index (χ4n) is 1.44. The van der Waals surface area contributed by atoms with Crippen molar-refractivity contribution in [2.24, 2.45) is 11.8 Å². The lowest BCUT2D eigenvalue weighted by Gasteiger charge is -2.05. The molecular formula is C18H22O4. The van der Waals surface area contributed by atoms with Crippen LogP contribution < -0.4 is 9.47 Å². The summed E-state index contributed by atoms with van der Waals surface area (Å²) in [7, 11) is 0. The van der Waals surface area contributed by atoms with Gasteiger partial charge in [0.2, 0.25) is 0 Å². The lowest BCUT2D eigenvalue weighted by molar-refractivity contribution is -0.129. The second kappa shape index (κ2) is 8.82. The quantitative estimate of drug-likeness (QED) is 0.454. The molecule has 1 aromatic rings. The number of esters is 2. The number of hydrogen-bond acceptors (Lipinski definition) is 4. The van der Waals surface area contributed by atoms with Gasteiger partial charge in [0.1, 0.15) is 11.5 Å². The first-order valence-corrected chi connectivity index (χ1v) is 7.27. The Morgan fingerprint density at radius 3 is 1.64 bits per heavy atom. The Morgan fingerprint density at radius 2 is 1.27 bits per heavy atom. The maximum Gasteiger partial charge on any atom is 0.335 e. The highest BCUT2D eigenvalue weighted by atomic mass is 16.5. The molecule has 0 atom stereocenters. The summed E-state index contributed by atoms with van der Waals surface area (Å²) in [4.78, 5) is 23.2. The van der Waals surface area contributed by atoms with Crippen molar-refractivity contribution in [3.05, 3.63) is 48.6 Å². The zero-order valence-electron chi connectivity index (χ0n) is 13.4. The molecule has 0 N–H and O–H groups in total. The minimum Gasteiger partial charge on any atom is -0.423 e. The first-order valence-electron chi connectivity index (χ1n) is 7.27. The molecule has 1 aromatic carbocycles. The first kappa shape index (κ1) is 17.7. The molecule has 0 bridgehead atoms. The Kier molecular flexibility index (Phi) is 7.09. The van der Waals surface area contributed by atoms with Crippen LogP contribution in [-0.2, 0) is 9.59 Å². The molecule has 22 heavy (non-hydrogen) atoms. The Hall–Kier alpha value is -2.36. The molecular weight excluding hydrogens is 280 g/mol. The van der Waals surface area contributed by atoms with E-state index in [4.69, 9.17) is 9.47 Å². The number of carbonyl (C=O) groups excluding carboxylic acids is 2. The summed E-state index contributed by atoms with van der Waals surface area (Å²) >= 11 is 0. The van der Waals surface area contributed by atoms with E-state index in [9.17, 15) is 9.59 Å². The first-order chi connectivity index (χ1) is 10.4. The van der Waals surface area contributed by atoms with Crippen LogP contribution in [0.25, 0.3) is 0 Å². The van der Waals surface area contributed by atoms with Gasteiger partial charge in [-0.05, 0) is 24.0 Å². The summed E-state index contributed by atoms with van der Waals surface area (Å²) in [5.41, 5.74) is 0. The fraction of sp³-hybridized carbons (Fsp3) is 0.333. The molecule has 0 saturated heterocycles. The largest absolute Gasteiger partial charge is 0.423 e. The molecule has 0 aromatic heterocycles. The normalized spacial score (nSPS) is 11.5. The van der Waals surface area contributed by atoms with E-state index in [1.807, 2.05) is 27.7 Å². The summed E-state index contributed by atoms with van der Waals surface area (Å²) < 4.78 is 10.3. The van der Waals surface area contributed by atoms with Crippen LogP contribution >= 0.6 is 0 Å². The highest BCUT2D eigenvalue weighted by Gasteiger charge is 2.05. The Labute approximate surface area is 131 Å². The number of rotatable bonds is 6. The number of allylic oxidation sites excluding steroid dienone is 2. The lowest BCUT2D eigenvalue weighted by atomic mass is 10.2. The third-order valence-corrected chi connectivity index (χ3v) is 2.48. The Balaban J connectivity index is 2.66. The summed E-state index contributed by atoms with van der Waals surface area (Å²) in [5, 5.41) is 0.